The van der Waals surface area contributed by atoms with Crippen molar-refractivity contribution in [2.75, 3.05) is 47.4 Å². The summed E-state index contributed by atoms with van der Waals surface area (Å²) in [6.07, 6.45) is 1.10. The minimum Gasteiger partial charge on any atom is -0.352 e. The molecular formula is C13H28N2O5P+. The van der Waals surface area contributed by atoms with E-state index < -0.39 is 7.82 Å². The summed E-state index contributed by atoms with van der Waals surface area (Å²) >= 11 is 0. The smallest absolute Gasteiger partial charge is 0.352 e. The Labute approximate surface area is 127 Å². The Bertz CT molecular complexity index is 393. The minimum atomic E-state index is -3.99. The van der Waals surface area contributed by atoms with Gasteiger partial charge in [-0.15, -0.1) is 0 Å². The summed E-state index contributed by atoms with van der Waals surface area (Å²) < 4.78 is 22.0. The third-order valence-corrected chi connectivity index (χ3v) is 3.49. The zero-order valence-corrected chi connectivity index (χ0v) is 14.3. The van der Waals surface area contributed by atoms with Crippen LogP contribution in [0.5, 0.6) is 0 Å². The van der Waals surface area contributed by atoms with Gasteiger partial charge in [-0.1, -0.05) is 6.58 Å². The Morgan fingerprint density at radius 1 is 1.24 bits per heavy atom. The molecule has 0 aromatic carbocycles. The number of amides is 1. The summed E-state index contributed by atoms with van der Waals surface area (Å²) in [5.74, 6) is -0.237. The topological polar surface area (TPSA) is 84.9 Å². The fourth-order valence-corrected chi connectivity index (χ4v) is 2.16. The summed E-state index contributed by atoms with van der Waals surface area (Å²) in [6, 6.07) is 0. The van der Waals surface area contributed by atoms with E-state index in [4.69, 9.17) is 9.05 Å². The second kappa shape index (κ2) is 9.33. The summed E-state index contributed by atoms with van der Waals surface area (Å²) in [4.78, 5) is 20.6. The zero-order chi connectivity index (χ0) is 16.5. The van der Waals surface area contributed by atoms with Crippen LogP contribution in [0, 0.1) is 0 Å². The first kappa shape index (κ1) is 20.3. The van der Waals surface area contributed by atoms with Gasteiger partial charge in [0.1, 0.15) is 0 Å². The fourth-order valence-electron chi connectivity index (χ4n) is 1.36. The second-order valence-electron chi connectivity index (χ2n) is 5.89. The molecule has 7 nitrogen and oxygen atoms in total. The molecule has 0 aliphatic rings. The summed E-state index contributed by atoms with van der Waals surface area (Å²) in [5.41, 5.74) is 0.421. The highest BCUT2D eigenvalue weighted by atomic mass is 31.2. The van der Waals surface area contributed by atoms with Crippen LogP contribution >= 0.6 is 7.82 Å². The Balaban J connectivity index is 3.71. The lowest BCUT2D eigenvalue weighted by Crippen LogP contribution is -2.35. The molecule has 0 bridgehead atoms. The molecule has 0 spiro atoms. The van der Waals surface area contributed by atoms with Gasteiger partial charge in [0.15, 0.2) is 0 Å². The summed E-state index contributed by atoms with van der Waals surface area (Å²) in [6.45, 7) is 6.52. The Hall–Kier alpha value is -0.720. The second-order valence-corrected chi connectivity index (χ2v) is 7.35. The van der Waals surface area contributed by atoms with Gasteiger partial charge < -0.3 is 14.7 Å². The van der Waals surface area contributed by atoms with Gasteiger partial charge in [0.25, 0.3) is 0 Å². The van der Waals surface area contributed by atoms with E-state index in [-0.39, 0.29) is 19.1 Å². The maximum Gasteiger partial charge on any atom is 0.472 e. The molecule has 0 radical (unpaired) electrons. The molecule has 1 unspecified atom stereocenters. The number of hydrogen-bond acceptors (Lipinski definition) is 4. The van der Waals surface area contributed by atoms with Crippen molar-refractivity contribution in [2.45, 2.75) is 19.8 Å². The number of nitrogens with zero attached hydrogens (tertiary/aromatic N) is 1. The lowest BCUT2D eigenvalue weighted by Gasteiger charge is -2.23. The first-order chi connectivity index (χ1) is 9.53. The fraction of sp³-hybridized carbons (Fsp3) is 0.769. The monoisotopic (exact) mass is 323 g/mol. The summed E-state index contributed by atoms with van der Waals surface area (Å²) in [5, 5.41) is 2.60. The SMILES string of the molecule is C=C(C)C(=O)NCCCOP(=O)(O)OCCC[N+](C)(C)C. The van der Waals surface area contributed by atoms with Gasteiger partial charge in [-0.05, 0) is 13.3 Å². The zero-order valence-electron chi connectivity index (χ0n) is 13.4. The van der Waals surface area contributed by atoms with Crippen LogP contribution in [0.25, 0.3) is 0 Å². The average Bonchev–Trinajstić information content (AvgIpc) is 2.32. The molecule has 0 saturated heterocycles. The van der Waals surface area contributed by atoms with Crippen LogP contribution in [0.2, 0.25) is 0 Å². The number of hydrogen-bond donors (Lipinski definition) is 2. The molecule has 0 rings (SSSR count). The van der Waals surface area contributed by atoms with E-state index in [9.17, 15) is 14.3 Å². The molecule has 2 N–H and O–H groups in total. The molecule has 0 heterocycles. The number of carbonyl (C=O) groups excluding carboxylic acids is 1. The number of carbonyl (C=O) groups is 1. The maximum atomic E-state index is 11.5. The van der Waals surface area contributed by atoms with E-state index in [1.54, 1.807) is 6.92 Å². The highest BCUT2D eigenvalue weighted by Gasteiger charge is 2.20. The van der Waals surface area contributed by atoms with E-state index in [0.717, 1.165) is 11.0 Å². The van der Waals surface area contributed by atoms with Gasteiger partial charge in [-0.3, -0.25) is 13.8 Å². The lowest BCUT2D eigenvalue weighted by atomic mass is 10.3. The van der Waals surface area contributed by atoms with E-state index in [1.165, 1.54) is 0 Å². The van der Waals surface area contributed by atoms with Crippen LogP contribution in [-0.2, 0) is 18.4 Å². The predicted molar refractivity (Wildman–Crippen MR) is 81.7 cm³/mol. The number of phosphoric acid groups is 1. The average molecular weight is 323 g/mol. The number of phosphoric ester groups is 1. The van der Waals surface area contributed by atoms with E-state index >= 15 is 0 Å². The maximum absolute atomic E-state index is 11.5. The molecule has 8 heteroatoms. The predicted octanol–water partition coefficient (Wildman–Crippen LogP) is 1.30. The highest BCUT2D eigenvalue weighted by Crippen LogP contribution is 2.43. The van der Waals surface area contributed by atoms with E-state index in [1.807, 2.05) is 21.1 Å². The van der Waals surface area contributed by atoms with Crippen LogP contribution in [0.4, 0.5) is 0 Å². The third-order valence-electron chi connectivity index (χ3n) is 2.48. The Morgan fingerprint density at radius 3 is 2.24 bits per heavy atom. The number of quaternary nitrogens is 1. The minimum absolute atomic E-state index is 0.0413. The molecule has 1 amide bonds. The normalized spacial score (nSPS) is 14.5. The van der Waals surface area contributed by atoms with Crippen molar-refractivity contribution in [3.63, 3.8) is 0 Å². The number of nitrogens with one attached hydrogen (secondary N) is 1. The van der Waals surface area contributed by atoms with Crippen molar-refractivity contribution < 1.29 is 27.8 Å². The van der Waals surface area contributed by atoms with Crippen molar-refractivity contribution >= 4 is 13.7 Å². The van der Waals surface area contributed by atoms with Gasteiger partial charge in [-0.25, -0.2) is 4.57 Å². The molecule has 124 valence electrons. The molecule has 0 aromatic heterocycles. The van der Waals surface area contributed by atoms with Gasteiger partial charge in [0.05, 0.1) is 40.9 Å². The molecule has 21 heavy (non-hydrogen) atoms. The largest absolute Gasteiger partial charge is 0.472 e. The van der Waals surface area contributed by atoms with Crippen molar-refractivity contribution in [3.8, 4) is 0 Å². The molecule has 0 aliphatic carbocycles. The van der Waals surface area contributed by atoms with Crippen molar-refractivity contribution in [3.05, 3.63) is 12.2 Å². The van der Waals surface area contributed by atoms with Crippen molar-refractivity contribution in [1.29, 1.82) is 0 Å². The van der Waals surface area contributed by atoms with Gasteiger partial charge in [0.2, 0.25) is 5.91 Å². The van der Waals surface area contributed by atoms with Crippen molar-refractivity contribution in [1.82, 2.24) is 5.32 Å². The van der Waals surface area contributed by atoms with E-state index in [2.05, 4.69) is 11.9 Å². The standard InChI is InChI=1S/C13H27N2O5P/c1-12(2)13(16)14-8-6-10-19-21(17,18)20-11-7-9-15(3,4)5/h1,6-11H2,2-5H3,(H-,14,16,17,18)/p+1. The van der Waals surface area contributed by atoms with Crippen LogP contribution in [0.1, 0.15) is 19.8 Å². The first-order valence-electron chi connectivity index (χ1n) is 6.89. The Morgan fingerprint density at radius 2 is 1.76 bits per heavy atom. The summed E-state index contributed by atoms with van der Waals surface area (Å²) in [7, 11) is 2.11. The van der Waals surface area contributed by atoms with Gasteiger partial charge >= 0.3 is 7.82 Å². The third kappa shape index (κ3) is 12.7. The van der Waals surface area contributed by atoms with Crippen molar-refractivity contribution in [2.24, 2.45) is 0 Å². The molecule has 0 fully saturated rings. The molecule has 0 saturated carbocycles. The van der Waals surface area contributed by atoms with Crippen LogP contribution in [0.3, 0.4) is 0 Å². The van der Waals surface area contributed by atoms with Gasteiger partial charge in [-0.2, -0.15) is 0 Å². The van der Waals surface area contributed by atoms with E-state index in [0.29, 0.717) is 25.0 Å². The highest BCUT2D eigenvalue weighted by molar-refractivity contribution is 7.47. The Kier molecular flexibility index (Phi) is 9.01. The molecule has 0 aromatic rings. The van der Waals surface area contributed by atoms with Crippen LogP contribution in [0.15, 0.2) is 12.2 Å². The van der Waals surface area contributed by atoms with Crippen LogP contribution in [-0.4, -0.2) is 62.7 Å². The molecule has 1 atom stereocenters. The molecule has 0 aliphatic heterocycles. The molecular weight excluding hydrogens is 295 g/mol. The van der Waals surface area contributed by atoms with Gasteiger partial charge in [0, 0.05) is 18.5 Å². The van der Waals surface area contributed by atoms with Crippen LogP contribution < -0.4 is 5.32 Å². The number of rotatable bonds is 11. The quantitative estimate of drug-likeness (QED) is 0.259. The lowest BCUT2D eigenvalue weighted by molar-refractivity contribution is -0.870. The first-order valence-corrected chi connectivity index (χ1v) is 8.39.